The molecule has 1 heterocycles. The van der Waals surface area contributed by atoms with Gasteiger partial charge in [0.25, 0.3) is 0 Å². The van der Waals surface area contributed by atoms with Crippen molar-refractivity contribution in [3.63, 3.8) is 0 Å². The van der Waals surface area contributed by atoms with Crippen LogP contribution in [0.5, 0.6) is 0 Å². The van der Waals surface area contributed by atoms with Gasteiger partial charge < -0.3 is 5.32 Å². The molecule has 0 saturated heterocycles. The molecule has 0 radical (unpaired) electrons. The van der Waals surface area contributed by atoms with Gasteiger partial charge in [0.1, 0.15) is 0 Å². The highest BCUT2D eigenvalue weighted by molar-refractivity contribution is 5.85. The van der Waals surface area contributed by atoms with E-state index >= 15 is 0 Å². The maximum Gasteiger partial charge on any atom is 0.0358 e. The number of hydrogen-bond donors (Lipinski definition) is 1. The lowest BCUT2D eigenvalue weighted by Gasteiger charge is -2.22. The number of pyridine rings is 1. The SMILES string of the molecule is CNC(c1cccc2ccncc12)C1C2C3CCC(C3)C21. The van der Waals surface area contributed by atoms with Gasteiger partial charge in [0, 0.05) is 23.8 Å². The highest BCUT2D eigenvalue weighted by atomic mass is 14.9. The molecule has 21 heavy (non-hydrogen) atoms. The molecule has 1 aromatic carbocycles. The zero-order valence-corrected chi connectivity index (χ0v) is 12.5. The number of benzene rings is 1. The first-order valence-electron chi connectivity index (χ1n) is 8.38. The van der Waals surface area contributed by atoms with Crippen LogP contribution in [-0.2, 0) is 0 Å². The Morgan fingerprint density at radius 1 is 1.14 bits per heavy atom. The summed E-state index contributed by atoms with van der Waals surface area (Å²) >= 11 is 0. The monoisotopic (exact) mass is 278 g/mol. The first-order chi connectivity index (χ1) is 10.4. The van der Waals surface area contributed by atoms with Gasteiger partial charge in [-0.05, 0) is 72.9 Å². The lowest BCUT2D eigenvalue weighted by molar-refractivity contribution is 0.387. The van der Waals surface area contributed by atoms with Crippen LogP contribution < -0.4 is 5.32 Å². The summed E-state index contributed by atoms with van der Waals surface area (Å²) in [6.07, 6.45) is 8.46. The number of aromatic nitrogens is 1. The van der Waals surface area contributed by atoms with Crippen LogP contribution >= 0.6 is 0 Å². The third-order valence-corrected chi connectivity index (χ3v) is 6.54. The minimum Gasteiger partial charge on any atom is -0.313 e. The van der Waals surface area contributed by atoms with Crippen LogP contribution in [0, 0.1) is 29.6 Å². The van der Waals surface area contributed by atoms with Gasteiger partial charge >= 0.3 is 0 Å². The summed E-state index contributed by atoms with van der Waals surface area (Å²) < 4.78 is 0. The summed E-state index contributed by atoms with van der Waals surface area (Å²) in [5.74, 6) is 4.95. The summed E-state index contributed by atoms with van der Waals surface area (Å²) in [7, 11) is 2.13. The lowest BCUT2D eigenvalue weighted by atomic mass is 9.91. The van der Waals surface area contributed by atoms with Crippen molar-refractivity contribution in [2.45, 2.75) is 25.3 Å². The second-order valence-corrected chi connectivity index (χ2v) is 7.28. The van der Waals surface area contributed by atoms with Gasteiger partial charge in [-0.15, -0.1) is 0 Å². The van der Waals surface area contributed by atoms with Gasteiger partial charge in [0.2, 0.25) is 0 Å². The van der Waals surface area contributed by atoms with E-state index < -0.39 is 0 Å². The van der Waals surface area contributed by atoms with Crippen molar-refractivity contribution in [2.75, 3.05) is 7.05 Å². The van der Waals surface area contributed by atoms with Gasteiger partial charge in [-0.1, -0.05) is 18.2 Å². The maximum absolute atomic E-state index is 4.36. The van der Waals surface area contributed by atoms with Crippen molar-refractivity contribution in [3.05, 3.63) is 42.2 Å². The molecule has 2 aromatic rings. The van der Waals surface area contributed by atoms with Crippen molar-refractivity contribution >= 4 is 10.8 Å². The largest absolute Gasteiger partial charge is 0.313 e. The molecule has 3 aliphatic rings. The van der Waals surface area contributed by atoms with E-state index in [0.717, 1.165) is 29.6 Å². The molecular formula is C19H22N2. The second-order valence-electron chi connectivity index (χ2n) is 7.28. The fourth-order valence-corrected chi connectivity index (χ4v) is 5.80. The number of rotatable bonds is 3. The Morgan fingerprint density at radius 2 is 1.95 bits per heavy atom. The van der Waals surface area contributed by atoms with Crippen LogP contribution in [0.3, 0.4) is 0 Å². The molecule has 0 aliphatic heterocycles. The third kappa shape index (κ3) is 1.60. The van der Waals surface area contributed by atoms with Gasteiger partial charge in [-0.3, -0.25) is 4.98 Å². The molecule has 1 aromatic heterocycles. The molecule has 1 N–H and O–H groups in total. The number of hydrogen-bond acceptors (Lipinski definition) is 2. The average molecular weight is 278 g/mol. The molecule has 0 spiro atoms. The van der Waals surface area contributed by atoms with Gasteiger partial charge in [0.15, 0.2) is 0 Å². The first-order valence-corrected chi connectivity index (χ1v) is 8.38. The van der Waals surface area contributed by atoms with Gasteiger partial charge in [-0.2, -0.15) is 0 Å². The van der Waals surface area contributed by atoms with Gasteiger partial charge in [-0.25, -0.2) is 0 Å². The zero-order valence-electron chi connectivity index (χ0n) is 12.5. The first kappa shape index (κ1) is 12.2. The van der Waals surface area contributed by atoms with E-state index in [1.165, 1.54) is 35.6 Å². The number of fused-ring (bicyclic) bond motifs is 6. The molecule has 2 nitrogen and oxygen atoms in total. The van der Waals surface area contributed by atoms with E-state index in [4.69, 9.17) is 0 Å². The lowest BCUT2D eigenvalue weighted by Crippen LogP contribution is -2.22. The molecule has 2 bridgehead atoms. The summed E-state index contributed by atoms with van der Waals surface area (Å²) in [5.41, 5.74) is 1.46. The Hall–Kier alpha value is -1.41. The van der Waals surface area contributed by atoms with Crippen molar-refractivity contribution in [1.29, 1.82) is 0 Å². The van der Waals surface area contributed by atoms with Crippen molar-refractivity contribution in [1.82, 2.24) is 10.3 Å². The molecular weight excluding hydrogens is 256 g/mol. The smallest absolute Gasteiger partial charge is 0.0358 e. The quantitative estimate of drug-likeness (QED) is 0.924. The Labute approximate surface area is 126 Å². The van der Waals surface area contributed by atoms with Crippen LogP contribution in [0.15, 0.2) is 36.7 Å². The molecule has 5 rings (SSSR count). The molecule has 5 unspecified atom stereocenters. The van der Waals surface area contributed by atoms with Crippen LogP contribution in [0.2, 0.25) is 0 Å². The molecule has 0 amide bonds. The van der Waals surface area contributed by atoms with Crippen LogP contribution in [0.25, 0.3) is 10.8 Å². The average Bonchev–Trinajstić information content (AvgIpc) is 2.94. The van der Waals surface area contributed by atoms with Crippen LogP contribution in [-0.4, -0.2) is 12.0 Å². The predicted octanol–water partition coefficient (Wildman–Crippen LogP) is 3.79. The zero-order chi connectivity index (χ0) is 14.0. The number of nitrogens with zero attached hydrogens (tertiary/aromatic N) is 1. The summed E-state index contributed by atoms with van der Waals surface area (Å²) in [6.45, 7) is 0. The molecule has 3 fully saturated rings. The Morgan fingerprint density at radius 3 is 2.71 bits per heavy atom. The predicted molar refractivity (Wildman–Crippen MR) is 84.8 cm³/mol. The topological polar surface area (TPSA) is 24.9 Å². The third-order valence-electron chi connectivity index (χ3n) is 6.54. The summed E-state index contributed by atoms with van der Waals surface area (Å²) in [4.78, 5) is 4.36. The Bertz CT molecular complexity index is 674. The van der Waals surface area contributed by atoms with Crippen LogP contribution in [0.1, 0.15) is 30.9 Å². The van der Waals surface area contributed by atoms with Crippen molar-refractivity contribution in [2.24, 2.45) is 29.6 Å². The van der Waals surface area contributed by atoms with E-state index in [1.54, 1.807) is 0 Å². The highest BCUT2D eigenvalue weighted by Crippen LogP contribution is 2.72. The standard InChI is InChI=1S/C19H22N2/c1-20-19(18-16-12-5-6-13(9-12)17(16)18)14-4-2-3-11-7-8-21-10-15(11)14/h2-4,7-8,10,12-13,16-20H,5-6,9H2,1H3. The molecule has 5 atom stereocenters. The van der Waals surface area contributed by atoms with Crippen LogP contribution in [0.4, 0.5) is 0 Å². The normalized spacial score (nSPS) is 37.7. The molecule has 2 heteroatoms. The summed E-state index contributed by atoms with van der Waals surface area (Å²) in [5, 5.41) is 6.29. The van der Waals surface area contributed by atoms with E-state index in [-0.39, 0.29) is 0 Å². The Kier molecular flexibility index (Phi) is 2.49. The fourth-order valence-electron chi connectivity index (χ4n) is 5.80. The minimum atomic E-state index is 0.510. The molecule has 3 aliphatic carbocycles. The van der Waals surface area contributed by atoms with Crippen molar-refractivity contribution in [3.8, 4) is 0 Å². The highest BCUT2D eigenvalue weighted by Gasteiger charge is 2.66. The Balaban J connectivity index is 1.56. The van der Waals surface area contributed by atoms with E-state index in [1.807, 2.05) is 12.4 Å². The maximum atomic E-state index is 4.36. The second kappa shape index (κ2) is 4.30. The number of nitrogens with one attached hydrogen (secondary N) is 1. The van der Waals surface area contributed by atoms with E-state index in [2.05, 4.69) is 41.6 Å². The minimum absolute atomic E-state index is 0.510. The molecule has 3 saturated carbocycles. The molecule has 108 valence electrons. The van der Waals surface area contributed by atoms with E-state index in [9.17, 15) is 0 Å². The van der Waals surface area contributed by atoms with Crippen molar-refractivity contribution < 1.29 is 0 Å². The summed E-state index contributed by atoms with van der Waals surface area (Å²) in [6, 6.07) is 9.35. The van der Waals surface area contributed by atoms with Gasteiger partial charge in [0.05, 0.1) is 0 Å². The fraction of sp³-hybridized carbons (Fsp3) is 0.526. The van der Waals surface area contributed by atoms with E-state index in [0.29, 0.717) is 6.04 Å².